The molecule has 6 nitrogen and oxygen atoms in total. The molecule has 0 fully saturated rings. The number of nitriles is 1. The van der Waals surface area contributed by atoms with Gasteiger partial charge in [0, 0.05) is 0 Å². The lowest BCUT2D eigenvalue weighted by molar-refractivity contribution is -0.119. The molecule has 0 aromatic heterocycles. The summed E-state index contributed by atoms with van der Waals surface area (Å²) in [6.07, 6.45) is 0. The minimum absolute atomic E-state index is 0.0726. The highest BCUT2D eigenvalue weighted by Gasteiger charge is 2.14. The number of nitrogens with two attached hydrogens (primary N) is 1. The zero-order chi connectivity index (χ0) is 20.6. The molecule has 0 aliphatic heterocycles. The third kappa shape index (κ3) is 4.99. The molecule has 0 aliphatic carbocycles. The van der Waals surface area contributed by atoms with Crippen LogP contribution >= 0.6 is 0 Å². The van der Waals surface area contributed by atoms with Gasteiger partial charge in [-0.2, -0.15) is 5.26 Å². The van der Waals surface area contributed by atoms with E-state index >= 15 is 0 Å². The van der Waals surface area contributed by atoms with Crippen molar-refractivity contribution in [3.05, 3.63) is 89.5 Å². The zero-order valence-corrected chi connectivity index (χ0v) is 15.5. The molecule has 1 amide bonds. The van der Waals surface area contributed by atoms with Gasteiger partial charge in [0.25, 0.3) is 5.91 Å². The van der Waals surface area contributed by atoms with Crippen molar-refractivity contribution in [1.29, 1.82) is 5.26 Å². The summed E-state index contributed by atoms with van der Waals surface area (Å²) in [5.74, 6) is -0.963. The minimum atomic E-state index is -0.633. The molecular weight excluding hydrogens is 368 g/mol. The first kappa shape index (κ1) is 19.6. The first-order chi connectivity index (χ1) is 14.1. The second-order valence-corrected chi connectivity index (χ2v) is 6.18. The molecule has 3 aromatic carbocycles. The molecule has 0 atom stereocenters. The molecule has 3 aromatic rings. The lowest BCUT2D eigenvalue weighted by atomic mass is 9.99. The van der Waals surface area contributed by atoms with Crippen molar-refractivity contribution in [3.8, 4) is 22.9 Å². The molecule has 0 aliphatic rings. The molecular formula is C23H18N2O4. The van der Waals surface area contributed by atoms with Crippen molar-refractivity contribution in [2.24, 2.45) is 5.73 Å². The van der Waals surface area contributed by atoms with Crippen LogP contribution in [0.1, 0.15) is 21.5 Å². The summed E-state index contributed by atoms with van der Waals surface area (Å²) in [7, 11) is 0. The van der Waals surface area contributed by atoms with Crippen molar-refractivity contribution in [3.63, 3.8) is 0 Å². The first-order valence-corrected chi connectivity index (χ1v) is 8.84. The summed E-state index contributed by atoms with van der Waals surface area (Å²) in [5.41, 5.74) is 8.44. The Morgan fingerprint density at radius 2 is 1.62 bits per heavy atom. The van der Waals surface area contributed by atoms with Crippen molar-refractivity contribution in [1.82, 2.24) is 0 Å². The van der Waals surface area contributed by atoms with Crippen LogP contribution in [0.3, 0.4) is 0 Å². The van der Waals surface area contributed by atoms with Gasteiger partial charge in [-0.25, -0.2) is 4.79 Å². The number of rotatable bonds is 7. The second-order valence-electron chi connectivity index (χ2n) is 6.18. The number of carbonyl (C=O) groups excluding carboxylic acids is 2. The number of para-hydroxylation sites is 1. The predicted molar refractivity (Wildman–Crippen MR) is 107 cm³/mol. The molecule has 0 spiro atoms. The smallest absolute Gasteiger partial charge is 0.342 e. The normalized spacial score (nSPS) is 10.0. The number of hydrogen-bond acceptors (Lipinski definition) is 5. The van der Waals surface area contributed by atoms with Gasteiger partial charge < -0.3 is 15.2 Å². The first-order valence-electron chi connectivity index (χ1n) is 8.84. The highest BCUT2D eigenvalue weighted by atomic mass is 16.5. The quantitative estimate of drug-likeness (QED) is 0.627. The van der Waals surface area contributed by atoms with Crippen LogP contribution in [0.15, 0.2) is 72.8 Å². The summed E-state index contributed by atoms with van der Waals surface area (Å²) >= 11 is 0. The summed E-state index contributed by atoms with van der Waals surface area (Å²) in [6.45, 7) is -0.251. The number of esters is 1. The highest BCUT2D eigenvalue weighted by Crippen LogP contribution is 2.24. The molecule has 0 radical (unpaired) electrons. The molecule has 2 N–H and O–H groups in total. The van der Waals surface area contributed by atoms with Crippen molar-refractivity contribution >= 4 is 11.9 Å². The Morgan fingerprint density at radius 1 is 0.931 bits per heavy atom. The number of benzene rings is 3. The van der Waals surface area contributed by atoms with E-state index in [1.165, 1.54) is 0 Å². The van der Waals surface area contributed by atoms with Crippen LogP contribution in [-0.4, -0.2) is 18.5 Å². The lowest BCUT2D eigenvalue weighted by Crippen LogP contribution is -2.21. The van der Waals surface area contributed by atoms with Gasteiger partial charge in [-0.1, -0.05) is 54.6 Å². The molecule has 0 heterocycles. The van der Waals surface area contributed by atoms with E-state index in [1.54, 1.807) is 30.3 Å². The number of amides is 1. The van der Waals surface area contributed by atoms with E-state index in [2.05, 4.69) is 6.07 Å². The molecule has 6 heteroatoms. The molecule has 0 bridgehead atoms. The fourth-order valence-corrected chi connectivity index (χ4v) is 2.75. The van der Waals surface area contributed by atoms with Gasteiger partial charge in [0.05, 0.1) is 11.6 Å². The largest absolute Gasteiger partial charge is 0.483 e. The Labute approximate surface area is 168 Å². The van der Waals surface area contributed by atoms with Crippen LogP contribution in [0.5, 0.6) is 5.75 Å². The lowest BCUT2D eigenvalue weighted by Gasteiger charge is -2.10. The Hall–Kier alpha value is -4.11. The van der Waals surface area contributed by atoms with Gasteiger partial charge in [-0.15, -0.1) is 0 Å². The minimum Gasteiger partial charge on any atom is -0.483 e. The van der Waals surface area contributed by atoms with Gasteiger partial charge in [0.1, 0.15) is 17.9 Å². The number of carbonyl (C=O) groups is 2. The van der Waals surface area contributed by atoms with E-state index in [4.69, 9.17) is 15.2 Å². The summed E-state index contributed by atoms with van der Waals surface area (Å²) in [5, 5.41) is 9.24. The van der Waals surface area contributed by atoms with Crippen molar-refractivity contribution < 1.29 is 19.1 Å². The average molecular weight is 386 g/mol. The second kappa shape index (κ2) is 9.20. The van der Waals surface area contributed by atoms with Crippen LogP contribution in [0.4, 0.5) is 0 Å². The third-order valence-electron chi connectivity index (χ3n) is 4.16. The number of primary amides is 1. The van der Waals surface area contributed by atoms with Crippen LogP contribution in [0.25, 0.3) is 11.1 Å². The summed E-state index contributed by atoms with van der Waals surface area (Å²) in [4.78, 5) is 23.3. The summed E-state index contributed by atoms with van der Waals surface area (Å²) < 4.78 is 10.6. The van der Waals surface area contributed by atoms with Crippen LogP contribution in [-0.2, 0) is 16.1 Å². The van der Waals surface area contributed by atoms with Crippen molar-refractivity contribution in [2.45, 2.75) is 6.61 Å². The Balaban J connectivity index is 1.67. The fourth-order valence-electron chi connectivity index (χ4n) is 2.75. The summed E-state index contributed by atoms with van der Waals surface area (Å²) in [6, 6.07) is 23.5. The van der Waals surface area contributed by atoms with E-state index in [0.29, 0.717) is 5.56 Å². The van der Waals surface area contributed by atoms with Gasteiger partial charge in [-0.3, -0.25) is 4.79 Å². The van der Waals surface area contributed by atoms with Crippen LogP contribution in [0, 0.1) is 11.3 Å². The van der Waals surface area contributed by atoms with Crippen molar-refractivity contribution in [2.75, 3.05) is 6.61 Å². The van der Waals surface area contributed by atoms with Crippen LogP contribution in [0.2, 0.25) is 0 Å². The molecule has 144 valence electrons. The predicted octanol–water partition coefficient (Wildman–Crippen LogP) is 3.45. The molecule has 29 heavy (non-hydrogen) atoms. The maximum absolute atomic E-state index is 12.4. The Kier molecular flexibility index (Phi) is 6.23. The monoisotopic (exact) mass is 386 g/mol. The third-order valence-corrected chi connectivity index (χ3v) is 4.16. The van der Waals surface area contributed by atoms with Gasteiger partial charge in [-0.05, 0) is 34.9 Å². The van der Waals surface area contributed by atoms with E-state index in [1.807, 2.05) is 42.5 Å². The molecule has 0 unspecified atom stereocenters. The van der Waals surface area contributed by atoms with Gasteiger partial charge >= 0.3 is 5.97 Å². The standard InChI is InChI=1S/C23H18N2O4/c24-13-18-5-1-2-6-19(18)17-11-9-16(10-12-17)14-29-23(27)20-7-3-4-8-21(20)28-15-22(25)26/h1-12H,14-15H2,(H2,25,26). The van der Waals surface area contributed by atoms with Gasteiger partial charge in [0.15, 0.2) is 6.61 Å². The molecule has 0 saturated heterocycles. The number of hydrogen-bond donors (Lipinski definition) is 1. The average Bonchev–Trinajstić information content (AvgIpc) is 2.76. The maximum atomic E-state index is 12.4. The number of ether oxygens (including phenoxy) is 2. The Bertz CT molecular complexity index is 1070. The van der Waals surface area contributed by atoms with Crippen LogP contribution < -0.4 is 10.5 Å². The van der Waals surface area contributed by atoms with E-state index in [9.17, 15) is 14.9 Å². The fraction of sp³-hybridized carbons (Fsp3) is 0.0870. The van der Waals surface area contributed by atoms with Gasteiger partial charge in [0.2, 0.25) is 0 Å². The van der Waals surface area contributed by atoms with E-state index in [-0.39, 0.29) is 24.5 Å². The van der Waals surface area contributed by atoms with E-state index < -0.39 is 11.9 Å². The highest BCUT2D eigenvalue weighted by molar-refractivity contribution is 5.92. The topological polar surface area (TPSA) is 102 Å². The molecule has 3 rings (SSSR count). The Morgan fingerprint density at radius 3 is 2.34 bits per heavy atom. The molecule has 0 saturated carbocycles. The number of nitrogens with zero attached hydrogens (tertiary/aromatic N) is 1. The van der Waals surface area contributed by atoms with E-state index in [0.717, 1.165) is 16.7 Å². The zero-order valence-electron chi connectivity index (χ0n) is 15.5. The maximum Gasteiger partial charge on any atom is 0.342 e. The SMILES string of the molecule is N#Cc1ccccc1-c1ccc(COC(=O)c2ccccc2OCC(N)=O)cc1.